The van der Waals surface area contributed by atoms with Crippen molar-refractivity contribution in [2.24, 2.45) is 0 Å². The van der Waals surface area contributed by atoms with Gasteiger partial charge in [-0.2, -0.15) is 0 Å². The molecule has 0 unspecified atom stereocenters. The van der Waals surface area contributed by atoms with E-state index in [1.165, 1.54) is 109 Å². The quantitative estimate of drug-likeness (QED) is 0.166. The topological polar surface area (TPSA) is 14.8 Å². The molecule has 0 saturated carbocycles. The number of hydrogen-bond donors (Lipinski definition) is 0. The Balaban J connectivity index is 1.14. The molecule has 0 amide bonds. The molecule has 3 aromatic heterocycles. The van der Waals surface area contributed by atoms with Crippen LogP contribution in [0.5, 0.6) is 0 Å². The molecule has 0 radical (unpaired) electrons. The van der Waals surface area contributed by atoms with Gasteiger partial charge in [-0.05, 0) is 105 Å². The molecule has 53 heavy (non-hydrogen) atoms. The second-order valence-electron chi connectivity index (χ2n) is 14.6. The van der Waals surface area contributed by atoms with Crippen molar-refractivity contribution in [2.45, 2.75) is 0 Å². The zero-order valence-electron chi connectivity index (χ0n) is 28.6. The van der Waals surface area contributed by atoms with Gasteiger partial charge in [-0.3, -0.25) is 0 Å². The Hall–Kier alpha value is -7.10. The van der Waals surface area contributed by atoms with E-state index in [1.54, 1.807) is 0 Å². The summed E-state index contributed by atoms with van der Waals surface area (Å²) >= 11 is 0. The van der Waals surface area contributed by atoms with Gasteiger partial charge in [0.2, 0.25) is 0 Å². The van der Waals surface area contributed by atoms with Crippen LogP contribution in [0.3, 0.4) is 0 Å². The average molecular weight is 672 g/mol. The molecule has 0 saturated heterocycles. The molecule has 0 aliphatic carbocycles. The summed E-state index contributed by atoms with van der Waals surface area (Å²) in [7, 11) is 0. The molecule has 3 heterocycles. The highest BCUT2D eigenvalue weighted by molar-refractivity contribution is 6.25. The van der Waals surface area contributed by atoms with E-state index in [0.29, 0.717) is 0 Å². The lowest BCUT2D eigenvalue weighted by Crippen LogP contribution is -1.96. The van der Waals surface area contributed by atoms with Gasteiger partial charge in [0.15, 0.2) is 0 Å². The maximum absolute atomic E-state index is 2.46. The van der Waals surface area contributed by atoms with E-state index in [2.05, 4.69) is 190 Å². The molecule has 0 fully saturated rings. The summed E-state index contributed by atoms with van der Waals surface area (Å²) in [5, 5.41) is 15.4. The maximum Gasteiger partial charge on any atom is 0.0547 e. The molecule has 0 N–H and O–H groups in total. The van der Waals surface area contributed by atoms with E-state index in [1.807, 2.05) is 0 Å². The van der Waals surface area contributed by atoms with Crippen LogP contribution in [-0.2, 0) is 0 Å². The fraction of sp³-hybridized carbons (Fsp3) is 0. The summed E-state index contributed by atoms with van der Waals surface area (Å²) in [5.74, 6) is 0. The highest BCUT2D eigenvalue weighted by Crippen LogP contribution is 2.43. The third-order valence-corrected chi connectivity index (χ3v) is 11.9. The first-order valence-electron chi connectivity index (χ1n) is 18.4. The summed E-state index contributed by atoms with van der Waals surface area (Å²) in [6.07, 6.45) is 0. The predicted molar refractivity (Wildman–Crippen MR) is 224 cm³/mol. The number of nitrogens with zero attached hydrogens (tertiary/aromatic N) is 3. The van der Waals surface area contributed by atoms with Gasteiger partial charge in [0, 0.05) is 49.4 Å². The molecule has 3 nitrogen and oxygen atoms in total. The van der Waals surface area contributed by atoms with Gasteiger partial charge in [-0.15, -0.1) is 0 Å². The van der Waals surface area contributed by atoms with Gasteiger partial charge in [-0.1, -0.05) is 103 Å². The molecule has 0 atom stereocenters. The Labute approximate surface area is 303 Å². The van der Waals surface area contributed by atoms with Gasteiger partial charge in [0.1, 0.15) is 0 Å². The van der Waals surface area contributed by atoms with E-state index in [4.69, 9.17) is 0 Å². The lowest BCUT2D eigenvalue weighted by Gasteiger charge is -2.11. The van der Waals surface area contributed by atoms with Crippen molar-refractivity contribution in [2.75, 3.05) is 0 Å². The molecular formula is C50H29N3. The van der Waals surface area contributed by atoms with Gasteiger partial charge >= 0.3 is 0 Å². The van der Waals surface area contributed by atoms with Crippen LogP contribution < -0.4 is 0 Å². The fourth-order valence-corrected chi connectivity index (χ4v) is 9.67. The largest absolute Gasteiger partial charge is 0.309 e. The number of hydrogen-bond acceptors (Lipinski definition) is 0. The summed E-state index contributed by atoms with van der Waals surface area (Å²) < 4.78 is 7.38. The van der Waals surface area contributed by atoms with Crippen LogP contribution in [0, 0.1) is 0 Å². The van der Waals surface area contributed by atoms with Crippen molar-refractivity contribution in [3.8, 4) is 17.1 Å². The van der Waals surface area contributed by atoms with E-state index < -0.39 is 0 Å². The zero-order chi connectivity index (χ0) is 34.4. The summed E-state index contributed by atoms with van der Waals surface area (Å²) in [5.41, 5.74) is 10.8. The van der Waals surface area contributed by atoms with E-state index in [-0.39, 0.29) is 0 Å². The van der Waals surface area contributed by atoms with Gasteiger partial charge in [-0.25, -0.2) is 0 Å². The Bertz CT molecular complexity index is 3290. The van der Waals surface area contributed by atoms with Gasteiger partial charge in [0.25, 0.3) is 0 Å². The number of aromatic nitrogens is 3. The van der Waals surface area contributed by atoms with Crippen LogP contribution >= 0.6 is 0 Å². The molecule has 13 rings (SSSR count). The molecule has 10 aromatic carbocycles. The van der Waals surface area contributed by atoms with Crippen molar-refractivity contribution in [1.82, 2.24) is 13.7 Å². The SMILES string of the molecule is c1ccc2cc(-n3c4ccc(-n5c6cccc7ccc8cccc5c8c76)cc4c4cc(-n5c6cccc7ccc8cccc5c8c76)ccc43)ccc2c1. The van der Waals surface area contributed by atoms with E-state index >= 15 is 0 Å². The highest BCUT2D eigenvalue weighted by Gasteiger charge is 2.21. The molecule has 0 aliphatic rings. The van der Waals surface area contributed by atoms with Crippen molar-refractivity contribution in [3.63, 3.8) is 0 Å². The first-order valence-corrected chi connectivity index (χ1v) is 18.4. The molecule has 3 heteroatoms. The molecule has 244 valence electrons. The van der Waals surface area contributed by atoms with Gasteiger partial charge in [0.05, 0.1) is 33.1 Å². The van der Waals surface area contributed by atoms with Crippen LogP contribution in [-0.4, -0.2) is 13.7 Å². The van der Waals surface area contributed by atoms with Crippen molar-refractivity contribution < 1.29 is 0 Å². The first kappa shape index (κ1) is 27.6. The number of fused-ring (bicyclic) bond motifs is 4. The van der Waals surface area contributed by atoms with Crippen molar-refractivity contribution >= 4 is 97.7 Å². The smallest absolute Gasteiger partial charge is 0.0547 e. The molecular weight excluding hydrogens is 643 g/mol. The van der Waals surface area contributed by atoms with E-state index in [9.17, 15) is 0 Å². The normalized spacial score (nSPS) is 12.5. The average Bonchev–Trinajstić information content (AvgIpc) is 3.86. The van der Waals surface area contributed by atoms with Gasteiger partial charge < -0.3 is 13.7 Å². The van der Waals surface area contributed by atoms with Crippen LogP contribution in [0.25, 0.3) is 115 Å². The van der Waals surface area contributed by atoms with Crippen LogP contribution in [0.15, 0.2) is 176 Å². The third kappa shape index (κ3) is 3.53. The number of rotatable bonds is 3. The fourth-order valence-electron chi connectivity index (χ4n) is 9.67. The monoisotopic (exact) mass is 671 g/mol. The Kier molecular flexibility index (Phi) is 5.11. The Morgan fingerprint density at radius 1 is 0.226 bits per heavy atom. The van der Waals surface area contributed by atoms with Crippen LogP contribution in [0.2, 0.25) is 0 Å². The van der Waals surface area contributed by atoms with Crippen molar-refractivity contribution in [1.29, 1.82) is 0 Å². The lowest BCUT2D eigenvalue weighted by atomic mass is 10.0. The lowest BCUT2D eigenvalue weighted by molar-refractivity contribution is 1.16. The first-order chi connectivity index (χ1) is 26.3. The molecule has 0 bridgehead atoms. The Morgan fingerprint density at radius 2 is 0.566 bits per heavy atom. The van der Waals surface area contributed by atoms with E-state index in [0.717, 1.165) is 5.69 Å². The minimum absolute atomic E-state index is 1.16. The second-order valence-corrected chi connectivity index (χ2v) is 14.6. The highest BCUT2D eigenvalue weighted by atomic mass is 15.0. The number of benzene rings is 10. The predicted octanol–water partition coefficient (Wildman–Crippen LogP) is 13.3. The Morgan fingerprint density at radius 3 is 1.02 bits per heavy atom. The maximum atomic E-state index is 2.46. The molecule has 0 aliphatic heterocycles. The second kappa shape index (κ2) is 9.81. The van der Waals surface area contributed by atoms with Crippen LogP contribution in [0.4, 0.5) is 0 Å². The zero-order valence-corrected chi connectivity index (χ0v) is 28.6. The summed E-state index contributed by atoms with van der Waals surface area (Å²) in [4.78, 5) is 0. The summed E-state index contributed by atoms with van der Waals surface area (Å²) in [6.45, 7) is 0. The summed E-state index contributed by atoms with van der Waals surface area (Å²) in [6, 6.07) is 65.4. The molecule has 13 aromatic rings. The van der Waals surface area contributed by atoms with Crippen molar-refractivity contribution in [3.05, 3.63) is 176 Å². The minimum Gasteiger partial charge on any atom is -0.309 e. The third-order valence-electron chi connectivity index (χ3n) is 11.9. The molecule has 0 spiro atoms. The standard InChI is InChI=1S/C50H29N3/c1-2-8-35-27-36(22-21-30(35)7-1)51-41-25-23-37(52-43-13-3-9-31-17-18-32-10-4-14-44(52)48(32)47(31)43)28-39(41)40-29-38(24-26-42(40)51)53-45-15-5-11-33-19-20-34-12-6-16-46(53)50(34)49(33)45/h1-29H. The minimum atomic E-state index is 1.16. The van der Waals surface area contributed by atoms with Crippen LogP contribution in [0.1, 0.15) is 0 Å².